The maximum Gasteiger partial charge on any atom is 0.219 e. The smallest absolute Gasteiger partial charge is 0.219 e. The molecule has 2 aromatic rings. The van der Waals surface area contributed by atoms with E-state index < -0.39 is 11.9 Å². The predicted octanol–water partition coefficient (Wildman–Crippen LogP) is 2.16. The standard InChI is InChI=1S/C16H15NO4/c18-14-11-5-1-2-7-13(11)20-9-4-10-21-16-12(15(14)19)6-3-8-17-16/h1-3,5-8,15,19H,4,9-10H2/t15-/m1/s1. The summed E-state index contributed by atoms with van der Waals surface area (Å²) in [6.07, 6.45) is 0.908. The highest BCUT2D eigenvalue weighted by molar-refractivity contribution is 6.02. The van der Waals surface area contributed by atoms with E-state index in [1.807, 2.05) is 0 Å². The number of hydrogen-bond donors (Lipinski definition) is 1. The van der Waals surface area contributed by atoms with Gasteiger partial charge in [-0.1, -0.05) is 12.1 Å². The summed E-state index contributed by atoms with van der Waals surface area (Å²) in [6, 6.07) is 10.2. The van der Waals surface area contributed by atoms with E-state index in [1.54, 1.807) is 42.6 Å². The minimum absolute atomic E-state index is 0.290. The third kappa shape index (κ3) is 2.73. The number of carbonyl (C=O) groups excluding carboxylic acids is 1. The Balaban J connectivity index is 2.06. The van der Waals surface area contributed by atoms with Crippen molar-refractivity contribution in [1.29, 1.82) is 0 Å². The molecule has 2 heterocycles. The number of para-hydroxylation sites is 1. The molecule has 0 bridgehead atoms. The lowest BCUT2D eigenvalue weighted by Crippen LogP contribution is -2.14. The highest BCUT2D eigenvalue weighted by Gasteiger charge is 2.26. The molecule has 0 saturated heterocycles. The summed E-state index contributed by atoms with van der Waals surface area (Å²) in [7, 11) is 0. The first kappa shape index (κ1) is 13.6. The van der Waals surface area contributed by atoms with E-state index >= 15 is 0 Å². The minimum Gasteiger partial charge on any atom is -0.493 e. The molecule has 0 spiro atoms. The van der Waals surface area contributed by atoms with E-state index in [2.05, 4.69) is 4.98 Å². The van der Waals surface area contributed by atoms with Crippen molar-refractivity contribution >= 4 is 5.78 Å². The molecule has 0 unspecified atom stereocenters. The molecule has 108 valence electrons. The van der Waals surface area contributed by atoms with Gasteiger partial charge in [0.15, 0.2) is 5.78 Å². The molecule has 5 nitrogen and oxygen atoms in total. The van der Waals surface area contributed by atoms with Crippen molar-refractivity contribution in [2.75, 3.05) is 13.2 Å². The van der Waals surface area contributed by atoms with Crippen molar-refractivity contribution in [3.8, 4) is 11.6 Å². The number of ether oxygens (including phenoxy) is 2. The van der Waals surface area contributed by atoms with Gasteiger partial charge in [-0.2, -0.15) is 0 Å². The maximum absolute atomic E-state index is 12.5. The molecule has 0 aliphatic carbocycles. The van der Waals surface area contributed by atoms with Gasteiger partial charge in [0.25, 0.3) is 0 Å². The Morgan fingerprint density at radius 3 is 2.81 bits per heavy atom. The molecular weight excluding hydrogens is 270 g/mol. The number of carbonyl (C=O) groups is 1. The lowest BCUT2D eigenvalue weighted by atomic mass is 10.00. The SMILES string of the molecule is O=C1c2ccccc2OCCCOc2ncccc2[C@H]1O. The van der Waals surface area contributed by atoms with Crippen LogP contribution in [0.4, 0.5) is 0 Å². The lowest BCUT2D eigenvalue weighted by molar-refractivity contribution is 0.0737. The summed E-state index contributed by atoms with van der Waals surface area (Å²) in [5.74, 6) is 0.344. The number of pyridine rings is 1. The summed E-state index contributed by atoms with van der Waals surface area (Å²) in [5, 5.41) is 10.4. The molecule has 1 aliphatic rings. The van der Waals surface area contributed by atoms with Gasteiger partial charge in [-0.15, -0.1) is 0 Å². The van der Waals surface area contributed by atoms with Gasteiger partial charge < -0.3 is 14.6 Å². The summed E-state index contributed by atoms with van der Waals surface area (Å²) in [6.45, 7) is 0.843. The number of rotatable bonds is 0. The molecule has 5 heteroatoms. The maximum atomic E-state index is 12.5. The molecule has 0 radical (unpaired) electrons. The van der Waals surface area contributed by atoms with Crippen molar-refractivity contribution in [2.24, 2.45) is 0 Å². The van der Waals surface area contributed by atoms with Crippen LogP contribution >= 0.6 is 0 Å². The zero-order valence-corrected chi connectivity index (χ0v) is 11.4. The predicted molar refractivity (Wildman–Crippen MR) is 75.6 cm³/mol. The monoisotopic (exact) mass is 285 g/mol. The highest BCUT2D eigenvalue weighted by Crippen LogP contribution is 2.29. The van der Waals surface area contributed by atoms with Crippen LogP contribution in [-0.2, 0) is 0 Å². The van der Waals surface area contributed by atoms with Crippen LogP contribution in [0.3, 0.4) is 0 Å². The highest BCUT2D eigenvalue weighted by atomic mass is 16.5. The summed E-state index contributed by atoms with van der Waals surface area (Å²) >= 11 is 0. The van der Waals surface area contributed by atoms with Gasteiger partial charge in [0.1, 0.15) is 11.9 Å². The number of aliphatic hydroxyl groups is 1. The Hall–Kier alpha value is -2.40. The van der Waals surface area contributed by atoms with Crippen LogP contribution < -0.4 is 9.47 Å². The van der Waals surface area contributed by atoms with Gasteiger partial charge in [0.05, 0.1) is 24.3 Å². The van der Waals surface area contributed by atoms with E-state index in [-0.39, 0.29) is 5.88 Å². The quantitative estimate of drug-likeness (QED) is 0.803. The molecule has 1 aromatic heterocycles. The van der Waals surface area contributed by atoms with Crippen molar-refractivity contribution < 1.29 is 19.4 Å². The van der Waals surface area contributed by atoms with Gasteiger partial charge in [-0.05, 0) is 24.3 Å². The van der Waals surface area contributed by atoms with Gasteiger partial charge in [-0.3, -0.25) is 4.79 Å². The number of nitrogens with zero attached hydrogens (tertiary/aromatic N) is 1. The van der Waals surface area contributed by atoms with Crippen LogP contribution in [0.15, 0.2) is 42.6 Å². The largest absolute Gasteiger partial charge is 0.493 e. The van der Waals surface area contributed by atoms with E-state index in [0.717, 1.165) is 0 Å². The lowest BCUT2D eigenvalue weighted by Gasteiger charge is -2.14. The zero-order chi connectivity index (χ0) is 14.7. The molecule has 1 aromatic carbocycles. The molecule has 1 atom stereocenters. The first-order chi connectivity index (χ1) is 10.3. The van der Waals surface area contributed by atoms with Crippen molar-refractivity contribution in [3.63, 3.8) is 0 Å². The van der Waals surface area contributed by atoms with Gasteiger partial charge in [0, 0.05) is 12.6 Å². The number of benzene rings is 1. The van der Waals surface area contributed by atoms with Crippen molar-refractivity contribution in [2.45, 2.75) is 12.5 Å². The topological polar surface area (TPSA) is 68.7 Å². The zero-order valence-electron chi connectivity index (χ0n) is 11.4. The Labute approximate surface area is 122 Å². The fourth-order valence-corrected chi connectivity index (χ4v) is 2.23. The van der Waals surface area contributed by atoms with Crippen LogP contribution in [0.2, 0.25) is 0 Å². The minimum atomic E-state index is -1.32. The Bertz CT molecular complexity index is 656. The molecule has 21 heavy (non-hydrogen) atoms. The third-order valence-corrected chi connectivity index (χ3v) is 3.28. The fraction of sp³-hybridized carbons (Fsp3) is 0.250. The molecular formula is C16H15NO4. The van der Waals surface area contributed by atoms with Crippen LogP contribution in [0.1, 0.15) is 28.4 Å². The van der Waals surface area contributed by atoms with Crippen LogP contribution in [0.25, 0.3) is 0 Å². The molecule has 1 N–H and O–H groups in total. The van der Waals surface area contributed by atoms with Crippen molar-refractivity contribution in [3.05, 3.63) is 53.7 Å². The third-order valence-electron chi connectivity index (χ3n) is 3.28. The van der Waals surface area contributed by atoms with E-state index in [0.29, 0.717) is 36.5 Å². The van der Waals surface area contributed by atoms with Gasteiger partial charge in [-0.25, -0.2) is 4.98 Å². The van der Waals surface area contributed by atoms with Crippen LogP contribution in [-0.4, -0.2) is 29.1 Å². The molecule has 0 saturated carbocycles. The second-order valence-electron chi connectivity index (χ2n) is 4.71. The second-order valence-corrected chi connectivity index (χ2v) is 4.71. The Morgan fingerprint density at radius 2 is 1.90 bits per heavy atom. The van der Waals surface area contributed by atoms with E-state index in [9.17, 15) is 9.90 Å². The molecule has 1 aliphatic heterocycles. The Morgan fingerprint density at radius 1 is 1.10 bits per heavy atom. The number of aliphatic hydroxyl groups excluding tert-OH is 1. The van der Waals surface area contributed by atoms with Crippen molar-refractivity contribution in [1.82, 2.24) is 4.98 Å². The fourth-order valence-electron chi connectivity index (χ4n) is 2.23. The van der Waals surface area contributed by atoms with Crippen LogP contribution in [0.5, 0.6) is 11.6 Å². The summed E-state index contributed by atoms with van der Waals surface area (Å²) < 4.78 is 11.1. The van der Waals surface area contributed by atoms with Gasteiger partial charge >= 0.3 is 0 Å². The van der Waals surface area contributed by atoms with E-state index in [4.69, 9.17) is 9.47 Å². The number of Topliss-reactive ketones (excluding diaryl/α,β-unsaturated/α-hetero) is 1. The first-order valence-corrected chi connectivity index (χ1v) is 6.79. The molecule has 0 fully saturated rings. The number of aromatic nitrogens is 1. The average molecular weight is 285 g/mol. The molecule has 0 amide bonds. The Kier molecular flexibility index (Phi) is 3.83. The van der Waals surface area contributed by atoms with Crippen LogP contribution in [0, 0.1) is 0 Å². The number of ketones is 1. The number of hydrogen-bond acceptors (Lipinski definition) is 5. The molecule has 3 rings (SSSR count). The second kappa shape index (κ2) is 5.93. The number of fused-ring (bicyclic) bond motifs is 2. The normalized spacial score (nSPS) is 18.5. The first-order valence-electron chi connectivity index (χ1n) is 6.79. The van der Waals surface area contributed by atoms with Gasteiger partial charge in [0.2, 0.25) is 5.88 Å². The van der Waals surface area contributed by atoms with E-state index in [1.165, 1.54) is 0 Å². The average Bonchev–Trinajstić information content (AvgIpc) is 2.55. The summed E-state index contributed by atoms with van der Waals surface area (Å²) in [4.78, 5) is 16.6. The summed E-state index contributed by atoms with van der Waals surface area (Å²) in [5.41, 5.74) is 0.737.